The van der Waals surface area contributed by atoms with Crippen molar-refractivity contribution in [1.29, 1.82) is 0 Å². The summed E-state index contributed by atoms with van der Waals surface area (Å²) in [5.41, 5.74) is 1.13. The Morgan fingerprint density at radius 1 is 1.47 bits per heavy atom. The highest BCUT2D eigenvalue weighted by Crippen LogP contribution is 2.37. The molecule has 19 heavy (non-hydrogen) atoms. The van der Waals surface area contributed by atoms with Crippen LogP contribution in [0.1, 0.15) is 30.4 Å². The second-order valence-electron chi connectivity index (χ2n) is 5.38. The van der Waals surface area contributed by atoms with Crippen molar-refractivity contribution >= 4 is 5.97 Å². The van der Waals surface area contributed by atoms with Crippen molar-refractivity contribution in [1.82, 2.24) is 5.32 Å². The van der Waals surface area contributed by atoms with Crippen LogP contribution in [0.4, 0.5) is 0 Å². The molecule has 0 saturated carbocycles. The fourth-order valence-electron chi connectivity index (χ4n) is 3.19. The van der Waals surface area contributed by atoms with E-state index in [-0.39, 0.29) is 6.10 Å². The molecular formula is C15H19NO3. The van der Waals surface area contributed by atoms with Gasteiger partial charge in [0.1, 0.15) is 5.54 Å². The predicted molar refractivity (Wildman–Crippen MR) is 71.1 cm³/mol. The van der Waals surface area contributed by atoms with E-state index in [2.05, 4.69) is 5.32 Å². The average Bonchev–Trinajstić information content (AvgIpc) is 3.05. The first-order chi connectivity index (χ1) is 9.22. The van der Waals surface area contributed by atoms with Crippen molar-refractivity contribution in [3.8, 4) is 0 Å². The van der Waals surface area contributed by atoms with Crippen LogP contribution in [0.5, 0.6) is 0 Å². The molecule has 102 valence electrons. The van der Waals surface area contributed by atoms with Crippen LogP contribution < -0.4 is 5.32 Å². The Hall–Kier alpha value is -1.39. The van der Waals surface area contributed by atoms with Gasteiger partial charge in [0.05, 0.1) is 6.10 Å². The number of rotatable bonds is 4. The molecule has 1 aromatic carbocycles. The Bertz CT molecular complexity index is 482. The lowest BCUT2D eigenvalue weighted by Gasteiger charge is -2.28. The fraction of sp³-hybridized carbons (Fsp3) is 0.533. The summed E-state index contributed by atoms with van der Waals surface area (Å²) in [6.07, 6.45) is 3.69. The number of hydrogen-bond donors (Lipinski definition) is 2. The van der Waals surface area contributed by atoms with Crippen LogP contribution in [0, 0.1) is 0 Å². The standard InChI is InChI=1S/C15H19NO3/c17-14(18)15(16-10-12-5-3-9-19-12)8-7-11-4-1-2-6-13(11)15/h1-2,4,6,12,16H,3,5,7-10H2,(H,17,18). The van der Waals surface area contributed by atoms with E-state index >= 15 is 0 Å². The molecule has 0 bridgehead atoms. The number of fused-ring (bicyclic) bond motifs is 1. The third kappa shape index (κ3) is 2.15. The Morgan fingerprint density at radius 3 is 3.05 bits per heavy atom. The van der Waals surface area contributed by atoms with E-state index in [0.717, 1.165) is 37.0 Å². The molecule has 4 nitrogen and oxygen atoms in total. The Balaban J connectivity index is 1.82. The van der Waals surface area contributed by atoms with E-state index in [9.17, 15) is 9.90 Å². The molecule has 2 N–H and O–H groups in total. The Morgan fingerprint density at radius 2 is 2.32 bits per heavy atom. The Labute approximate surface area is 112 Å². The van der Waals surface area contributed by atoms with E-state index in [1.165, 1.54) is 0 Å². The molecule has 2 unspecified atom stereocenters. The summed E-state index contributed by atoms with van der Waals surface area (Å²) in [5.74, 6) is -0.782. The summed E-state index contributed by atoms with van der Waals surface area (Å²) in [5, 5.41) is 12.9. The third-order valence-electron chi connectivity index (χ3n) is 4.27. The van der Waals surface area contributed by atoms with Crippen LogP contribution in [0.25, 0.3) is 0 Å². The number of hydrogen-bond acceptors (Lipinski definition) is 3. The van der Waals surface area contributed by atoms with E-state index in [4.69, 9.17) is 4.74 Å². The fourth-order valence-corrected chi connectivity index (χ4v) is 3.19. The van der Waals surface area contributed by atoms with Crippen molar-refractivity contribution in [3.63, 3.8) is 0 Å². The lowest BCUT2D eigenvalue weighted by molar-refractivity contribution is -0.145. The lowest BCUT2D eigenvalue weighted by atomic mass is 9.91. The van der Waals surface area contributed by atoms with E-state index in [1.54, 1.807) is 0 Å². The first kappa shape index (κ1) is 12.6. The third-order valence-corrected chi connectivity index (χ3v) is 4.27. The van der Waals surface area contributed by atoms with Crippen molar-refractivity contribution in [2.75, 3.05) is 13.2 Å². The minimum atomic E-state index is -0.928. The molecule has 0 aromatic heterocycles. The summed E-state index contributed by atoms with van der Waals surface area (Å²) < 4.78 is 5.57. The second-order valence-corrected chi connectivity index (χ2v) is 5.38. The molecule has 3 rings (SSSR count). The summed E-state index contributed by atoms with van der Waals surface area (Å²) in [7, 11) is 0. The number of benzene rings is 1. The number of carboxylic acid groups (broad SMARTS) is 1. The number of nitrogens with one attached hydrogen (secondary N) is 1. The van der Waals surface area contributed by atoms with Crippen LogP contribution >= 0.6 is 0 Å². The molecular weight excluding hydrogens is 242 g/mol. The maximum absolute atomic E-state index is 11.8. The molecule has 1 aliphatic heterocycles. The maximum Gasteiger partial charge on any atom is 0.328 e. The summed E-state index contributed by atoms with van der Waals surface area (Å²) in [4.78, 5) is 11.8. The topological polar surface area (TPSA) is 58.6 Å². The van der Waals surface area contributed by atoms with Gasteiger partial charge in [-0.15, -0.1) is 0 Å². The van der Waals surface area contributed by atoms with Crippen LogP contribution in [-0.4, -0.2) is 30.3 Å². The van der Waals surface area contributed by atoms with E-state index in [1.807, 2.05) is 24.3 Å². The molecule has 1 saturated heterocycles. The molecule has 1 aliphatic carbocycles. The largest absolute Gasteiger partial charge is 0.480 e. The van der Waals surface area contributed by atoms with Crippen molar-refractivity contribution in [3.05, 3.63) is 35.4 Å². The number of carbonyl (C=O) groups is 1. The highest BCUT2D eigenvalue weighted by molar-refractivity contribution is 5.82. The molecule has 2 atom stereocenters. The highest BCUT2D eigenvalue weighted by Gasteiger charge is 2.45. The molecule has 4 heteroatoms. The van der Waals surface area contributed by atoms with Gasteiger partial charge in [-0.1, -0.05) is 24.3 Å². The molecule has 0 spiro atoms. The van der Waals surface area contributed by atoms with Gasteiger partial charge < -0.3 is 9.84 Å². The first-order valence-electron chi connectivity index (χ1n) is 6.91. The SMILES string of the molecule is O=C(O)C1(NCC2CCCO2)CCc2ccccc21. The zero-order valence-corrected chi connectivity index (χ0v) is 10.9. The molecule has 1 aromatic rings. The minimum Gasteiger partial charge on any atom is -0.480 e. The normalized spacial score (nSPS) is 29.4. The van der Waals surface area contributed by atoms with Crippen LogP contribution in [0.3, 0.4) is 0 Å². The van der Waals surface area contributed by atoms with Gasteiger partial charge in [0.15, 0.2) is 0 Å². The van der Waals surface area contributed by atoms with Gasteiger partial charge in [-0.3, -0.25) is 5.32 Å². The van der Waals surface area contributed by atoms with Crippen molar-refractivity contribution < 1.29 is 14.6 Å². The maximum atomic E-state index is 11.8. The first-order valence-corrected chi connectivity index (χ1v) is 6.91. The number of aliphatic carboxylic acids is 1. The quantitative estimate of drug-likeness (QED) is 0.866. The van der Waals surface area contributed by atoms with Gasteiger partial charge in [0, 0.05) is 13.2 Å². The average molecular weight is 261 g/mol. The van der Waals surface area contributed by atoms with Crippen LogP contribution in [-0.2, 0) is 21.5 Å². The van der Waals surface area contributed by atoms with E-state index in [0.29, 0.717) is 13.0 Å². The van der Waals surface area contributed by atoms with Crippen molar-refractivity contribution in [2.45, 2.75) is 37.3 Å². The van der Waals surface area contributed by atoms with Gasteiger partial charge in [0.25, 0.3) is 0 Å². The van der Waals surface area contributed by atoms with Gasteiger partial charge in [-0.25, -0.2) is 4.79 Å². The monoisotopic (exact) mass is 261 g/mol. The summed E-state index contributed by atoms with van der Waals surface area (Å²) in [6, 6.07) is 7.83. The molecule has 1 heterocycles. The summed E-state index contributed by atoms with van der Waals surface area (Å²) in [6.45, 7) is 1.41. The van der Waals surface area contributed by atoms with Gasteiger partial charge in [0.2, 0.25) is 0 Å². The number of ether oxygens (including phenoxy) is 1. The number of carboxylic acids is 1. The highest BCUT2D eigenvalue weighted by atomic mass is 16.5. The number of aryl methyl sites for hydroxylation is 1. The molecule has 0 amide bonds. The summed E-state index contributed by atoms with van der Waals surface area (Å²) >= 11 is 0. The molecule has 2 aliphatic rings. The van der Waals surface area contributed by atoms with Gasteiger partial charge in [-0.05, 0) is 36.8 Å². The second kappa shape index (κ2) is 4.94. The molecule has 0 radical (unpaired) electrons. The van der Waals surface area contributed by atoms with E-state index < -0.39 is 11.5 Å². The zero-order valence-electron chi connectivity index (χ0n) is 10.9. The lowest BCUT2D eigenvalue weighted by Crippen LogP contribution is -2.50. The Kier molecular flexibility index (Phi) is 3.29. The van der Waals surface area contributed by atoms with Gasteiger partial charge in [-0.2, -0.15) is 0 Å². The predicted octanol–water partition coefficient (Wildman–Crippen LogP) is 1.68. The smallest absolute Gasteiger partial charge is 0.328 e. The zero-order chi connectivity index (χ0) is 13.3. The van der Waals surface area contributed by atoms with Gasteiger partial charge >= 0.3 is 5.97 Å². The minimum absolute atomic E-state index is 0.156. The van der Waals surface area contributed by atoms with Crippen molar-refractivity contribution in [2.24, 2.45) is 0 Å². The molecule has 1 fully saturated rings. The van der Waals surface area contributed by atoms with Crippen LogP contribution in [0.15, 0.2) is 24.3 Å². The van der Waals surface area contributed by atoms with Crippen LogP contribution in [0.2, 0.25) is 0 Å².